The summed E-state index contributed by atoms with van der Waals surface area (Å²) in [5, 5.41) is 0. The van der Waals surface area contributed by atoms with Crippen molar-refractivity contribution in [3.63, 3.8) is 0 Å². The van der Waals surface area contributed by atoms with Crippen LogP contribution in [0, 0.1) is 5.92 Å². The number of unbranched alkanes of at least 4 members (excludes halogenated alkanes) is 3. The normalized spacial score (nSPS) is 26.3. The molecule has 0 N–H and O–H groups in total. The number of hydrogen-bond donors (Lipinski definition) is 0. The van der Waals surface area contributed by atoms with E-state index in [9.17, 15) is 4.79 Å². The Bertz CT molecular complexity index is 177. The third-order valence-corrected chi connectivity index (χ3v) is 3.01. The zero-order valence-corrected chi connectivity index (χ0v) is 9.42. The Labute approximate surface area is 87.0 Å². The molecule has 2 nitrogen and oxygen atoms in total. The van der Waals surface area contributed by atoms with Gasteiger partial charge < -0.3 is 4.74 Å². The van der Waals surface area contributed by atoms with Crippen LogP contribution >= 0.6 is 0 Å². The molecule has 1 saturated carbocycles. The molecular weight excluding hydrogens is 176 g/mol. The molecule has 0 aromatic rings. The minimum atomic E-state index is 0.229. The van der Waals surface area contributed by atoms with Gasteiger partial charge in [0.1, 0.15) is 5.78 Å². The van der Waals surface area contributed by atoms with Gasteiger partial charge in [0, 0.05) is 18.9 Å². The van der Waals surface area contributed by atoms with Gasteiger partial charge in [-0.1, -0.05) is 32.6 Å². The average Bonchev–Trinajstić information content (AvgIpc) is 2.17. The summed E-state index contributed by atoms with van der Waals surface area (Å²) in [5.41, 5.74) is 0. The Morgan fingerprint density at radius 3 is 2.64 bits per heavy atom. The van der Waals surface area contributed by atoms with Gasteiger partial charge in [0.2, 0.25) is 0 Å². The fourth-order valence-electron chi connectivity index (χ4n) is 2.07. The van der Waals surface area contributed by atoms with E-state index in [2.05, 4.69) is 6.92 Å². The summed E-state index contributed by atoms with van der Waals surface area (Å²) in [6.45, 7) is 4.94. The van der Waals surface area contributed by atoms with Crippen LogP contribution in [0.4, 0.5) is 0 Å². The lowest BCUT2D eigenvalue weighted by Gasteiger charge is -2.34. The molecule has 1 aliphatic carbocycles. The monoisotopic (exact) mass is 198 g/mol. The Kier molecular flexibility index (Phi) is 5.16. The molecule has 0 aliphatic heterocycles. The standard InChI is InChI=1S/C12H22O2/c1-3-5-6-7-8-10-11(13)9-12(10)14-4-2/h10,12H,3-9H2,1-2H3/t10-,12+/m1/s1. The lowest BCUT2D eigenvalue weighted by molar-refractivity contribution is -0.145. The van der Waals surface area contributed by atoms with Crippen molar-refractivity contribution in [1.29, 1.82) is 0 Å². The van der Waals surface area contributed by atoms with E-state index in [1.165, 1.54) is 25.7 Å². The lowest BCUT2D eigenvalue weighted by Crippen LogP contribution is -2.43. The number of carbonyl (C=O) groups is 1. The molecule has 1 rings (SSSR count). The number of rotatable bonds is 7. The first-order valence-electron chi connectivity index (χ1n) is 5.93. The van der Waals surface area contributed by atoms with Crippen LogP contribution in [0.2, 0.25) is 0 Å². The van der Waals surface area contributed by atoms with Crippen LogP contribution in [0.15, 0.2) is 0 Å². The molecule has 0 bridgehead atoms. The maximum Gasteiger partial charge on any atom is 0.141 e. The molecule has 1 fully saturated rings. The Hall–Kier alpha value is -0.370. The van der Waals surface area contributed by atoms with Gasteiger partial charge >= 0.3 is 0 Å². The SMILES string of the molecule is CCCCCC[C@@H]1C(=O)C[C@@H]1OCC. The molecule has 14 heavy (non-hydrogen) atoms. The van der Waals surface area contributed by atoms with Crippen molar-refractivity contribution >= 4 is 5.78 Å². The number of ketones is 1. The highest BCUT2D eigenvalue weighted by molar-refractivity contribution is 5.88. The fraction of sp³-hybridized carbons (Fsp3) is 0.917. The van der Waals surface area contributed by atoms with Crippen molar-refractivity contribution in [1.82, 2.24) is 0 Å². The van der Waals surface area contributed by atoms with E-state index < -0.39 is 0 Å². The summed E-state index contributed by atoms with van der Waals surface area (Å²) in [6, 6.07) is 0. The van der Waals surface area contributed by atoms with Crippen molar-refractivity contribution in [2.24, 2.45) is 5.92 Å². The molecular formula is C12H22O2. The number of ether oxygens (including phenoxy) is 1. The van der Waals surface area contributed by atoms with Crippen LogP contribution < -0.4 is 0 Å². The van der Waals surface area contributed by atoms with Crippen LogP contribution in [0.1, 0.15) is 52.4 Å². The number of carbonyl (C=O) groups excluding carboxylic acids is 1. The van der Waals surface area contributed by atoms with Gasteiger partial charge in [0.25, 0.3) is 0 Å². The summed E-state index contributed by atoms with van der Waals surface area (Å²) < 4.78 is 5.50. The minimum absolute atomic E-state index is 0.229. The molecule has 1 aliphatic rings. The van der Waals surface area contributed by atoms with E-state index in [1.807, 2.05) is 6.92 Å². The second-order valence-electron chi connectivity index (χ2n) is 4.12. The van der Waals surface area contributed by atoms with Crippen molar-refractivity contribution < 1.29 is 9.53 Å². The maximum absolute atomic E-state index is 11.3. The highest BCUT2D eigenvalue weighted by Gasteiger charge is 2.39. The third kappa shape index (κ3) is 3.09. The molecule has 0 aromatic carbocycles. The molecule has 0 aromatic heterocycles. The van der Waals surface area contributed by atoms with Crippen molar-refractivity contribution in [3.05, 3.63) is 0 Å². The van der Waals surface area contributed by atoms with E-state index in [0.717, 1.165) is 13.0 Å². The molecule has 0 heterocycles. The molecule has 0 radical (unpaired) electrons. The van der Waals surface area contributed by atoms with Crippen molar-refractivity contribution in [2.45, 2.75) is 58.5 Å². The minimum Gasteiger partial charge on any atom is -0.377 e. The maximum atomic E-state index is 11.3. The third-order valence-electron chi connectivity index (χ3n) is 3.01. The van der Waals surface area contributed by atoms with Gasteiger partial charge in [-0.3, -0.25) is 4.79 Å². The van der Waals surface area contributed by atoms with Gasteiger partial charge in [-0.2, -0.15) is 0 Å². The van der Waals surface area contributed by atoms with Crippen LogP contribution in [0.5, 0.6) is 0 Å². The van der Waals surface area contributed by atoms with Gasteiger partial charge in [-0.05, 0) is 13.3 Å². The lowest BCUT2D eigenvalue weighted by atomic mass is 9.77. The predicted molar refractivity (Wildman–Crippen MR) is 57.3 cm³/mol. The zero-order chi connectivity index (χ0) is 10.4. The van der Waals surface area contributed by atoms with Gasteiger partial charge in [-0.15, -0.1) is 0 Å². The molecule has 2 heteroatoms. The summed E-state index contributed by atoms with van der Waals surface area (Å²) in [6.07, 6.45) is 6.95. The van der Waals surface area contributed by atoms with Crippen LogP contribution in [-0.2, 0) is 9.53 Å². The van der Waals surface area contributed by atoms with E-state index in [1.54, 1.807) is 0 Å². The number of Topliss-reactive ketones (excluding diaryl/α,β-unsaturated/α-hetero) is 1. The smallest absolute Gasteiger partial charge is 0.141 e. The molecule has 0 unspecified atom stereocenters. The topological polar surface area (TPSA) is 26.3 Å². The van der Waals surface area contributed by atoms with E-state index in [4.69, 9.17) is 4.74 Å². The summed E-state index contributed by atoms with van der Waals surface area (Å²) >= 11 is 0. The molecule has 82 valence electrons. The summed E-state index contributed by atoms with van der Waals surface area (Å²) in [7, 11) is 0. The number of hydrogen-bond acceptors (Lipinski definition) is 2. The summed E-state index contributed by atoms with van der Waals surface area (Å²) in [4.78, 5) is 11.3. The Morgan fingerprint density at radius 2 is 2.07 bits per heavy atom. The van der Waals surface area contributed by atoms with Crippen LogP contribution in [-0.4, -0.2) is 18.5 Å². The van der Waals surface area contributed by atoms with E-state index in [0.29, 0.717) is 12.2 Å². The van der Waals surface area contributed by atoms with E-state index in [-0.39, 0.29) is 12.0 Å². The van der Waals surface area contributed by atoms with Crippen molar-refractivity contribution in [2.75, 3.05) is 6.61 Å². The van der Waals surface area contributed by atoms with Gasteiger partial charge in [0.05, 0.1) is 6.10 Å². The first-order chi connectivity index (χ1) is 6.79. The quantitative estimate of drug-likeness (QED) is 0.588. The zero-order valence-electron chi connectivity index (χ0n) is 9.42. The highest BCUT2D eigenvalue weighted by atomic mass is 16.5. The second-order valence-corrected chi connectivity index (χ2v) is 4.12. The molecule has 2 atom stereocenters. The molecule has 0 saturated heterocycles. The van der Waals surface area contributed by atoms with Crippen molar-refractivity contribution in [3.8, 4) is 0 Å². The van der Waals surface area contributed by atoms with Crippen LogP contribution in [0.25, 0.3) is 0 Å². The highest BCUT2D eigenvalue weighted by Crippen LogP contribution is 2.31. The fourth-order valence-corrected chi connectivity index (χ4v) is 2.07. The first kappa shape index (κ1) is 11.7. The molecule has 0 spiro atoms. The predicted octanol–water partition coefficient (Wildman–Crippen LogP) is 2.95. The second kappa shape index (κ2) is 6.18. The largest absolute Gasteiger partial charge is 0.377 e. The first-order valence-corrected chi connectivity index (χ1v) is 5.93. The average molecular weight is 198 g/mol. The van der Waals surface area contributed by atoms with Gasteiger partial charge in [-0.25, -0.2) is 0 Å². The molecule has 0 amide bonds. The van der Waals surface area contributed by atoms with Gasteiger partial charge in [0.15, 0.2) is 0 Å². The van der Waals surface area contributed by atoms with E-state index >= 15 is 0 Å². The van der Waals surface area contributed by atoms with Crippen LogP contribution in [0.3, 0.4) is 0 Å². The summed E-state index contributed by atoms with van der Waals surface area (Å²) in [5.74, 6) is 0.645. The Morgan fingerprint density at radius 1 is 1.29 bits per heavy atom. The Balaban J connectivity index is 2.12.